The van der Waals surface area contributed by atoms with Crippen LogP contribution in [0, 0.1) is 0 Å². The van der Waals surface area contributed by atoms with Gasteiger partial charge in [-0.1, -0.05) is 291 Å². The van der Waals surface area contributed by atoms with Gasteiger partial charge in [0.2, 0.25) is 0 Å². The van der Waals surface area contributed by atoms with E-state index in [0.29, 0.717) is 19.3 Å². The largest absolute Gasteiger partial charge is 0.462 e. The second-order valence-electron chi connectivity index (χ2n) is 21.3. The Morgan fingerprint density at radius 1 is 0.276 bits per heavy atom. The van der Waals surface area contributed by atoms with E-state index < -0.39 is 6.10 Å². The third kappa shape index (κ3) is 61.2. The van der Waals surface area contributed by atoms with E-state index in [1.165, 1.54) is 161 Å². The molecule has 0 saturated carbocycles. The van der Waals surface area contributed by atoms with Crippen LogP contribution in [0.25, 0.3) is 0 Å². The van der Waals surface area contributed by atoms with Crippen LogP contribution >= 0.6 is 0 Å². The number of ether oxygens (including phenoxy) is 3. The smallest absolute Gasteiger partial charge is 0.306 e. The Hall–Kier alpha value is -3.67. The van der Waals surface area contributed by atoms with Crippen molar-refractivity contribution in [3.63, 3.8) is 0 Å². The number of unbranched alkanes of at least 4 members (excludes halogenated alkanes) is 31. The number of carbonyl (C=O) groups is 3. The van der Waals surface area contributed by atoms with Crippen molar-refractivity contribution in [1.82, 2.24) is 0 Å². The van der Waals surface area contributed by atoms with Crippen molar-refractivity contribution in [2.24, 2.45) is 0 Å². The lowest BCUT2D eigenvalue weighted by atomic mass is 10.0. The number of allylic oxidation sites excluding steroid dienone is 16. The molecule has 0 aliphatic rings. The molecule has 0 aliphatic carbocycles. The normalized spacial score (nSPS) is 12.7. The van der Waals surface area contributed by atoms with Crippen LogP contribution in [0.4, 0.5) is 0 Å². The predicted octanol–water partition coefficient (Wildman–Crippen LogP) is 22.0. The van der Waals surface area contributed by atoms with Gasteiger partial charge < -0.3 is 14.2 Å². The average Bonchev–Trinajstić information content (AvgIpc) is 3.42. The van der Waals surface area contributed by atoms with Crippen LogP contribution in [0.5, 0.6) is 0 Å². The first kappa shape index (κ1) is 72.3. The summed E-state index contributed by atoms with van der Waals surface area (Å²) in [6.07, 6.45) is 86.0. The third-order valence-electron chi connectivity index (χ3n) is 13.8. The Morgan fingerprint density at radius 2 is 0.513 bits per heavy atom. The molecule has 76 heavy (non-hydrogen) atoms. The van der Waals surface area contributed by atoms with Crippen molar-refractivity contribution in [2.45, 2.75) is 316 Å². The van der Waals surface area contributed by atoms with Crippen LogP contribution in [0.3, 0.4) is 0 Å². The molecule has 1 unspecified atom stereocenters. The molecule has 436 valence electrons. The lowest BCUT2D eigenvalue weighted by molar-refractivity contribution is -0.167. The molecule has 0 heterocycles. The van der Waals surface area contributed by atoms with Gasteiger partial charge in [-0.2, -0.15) is 0 Å². The van der Waals surface area contributed by atoms with Gasteiger partial charge in [-0.3, -0.25) is 14.4 Å². The highest BCUT2D eigenvalue weighted by molar-refractivity contribution is 5.71. The summed E-state index contributed by atoms with van der Waals surface area (Å²) in [7, 11) is 0. The second kappa shape index (κ2) is 63.9. The molecule has 0 rings (SSSR count). The number of esters is 3. The number of hydrogen-bond acceptors (Lipinski definition) is 6. The quantitative estimate of drug-likeness (QED) is 0.0261. The highest BCUT2D eigenvalue weighted by atomic mass is 16.6. The molecule has 0 radical (unpaired) electrons. The molecule has 0 spiro atoms. The van der Waals surface area contributed by atoms with Gasteiger partial charge >= 0.3 is 17.9 Å². The minimum absolute atomic E-state index is 0.0763. The van der Waals surface area contributed by atoms with Crippen molar-refractivity contribution < 1.29 is 28.6 Å². The molecule has 0 N–H and O–H groups in total. The number of carbonyl (C=O) groups excluding carboxylic acids is 3. The highest BCUT2D eigenvalue weighted by Gasteiger charge is 2.19. The molecule has 1 atom stereocenters. The van der Waals surface area contributed by atoms with Crippen LogP contribution in [0.1, 0.15) is 310 Å². The molecular formula is C70H120O6. The summed E-state index contributed by atoms with van der Waals surface area (Å²) in [6, 6.07) is 0. The van der Waals surface area contributed by atoms with Crippen molar-refractivity contribution in [3.8, 4) is 0 Å². The minimum Gasteiger partial charge on any atom is -0.462 e. The van der Waals surface area contributed by atoms with Gasteiger partial charge in [0.25, 0.3) is 0 Å². The zero-order valence-corrected chi connectivity index (χ0v) is 50.0. The van der Waals surface area contributed by atoms with Crippen molar-refractivity contribution >= 4 is 17.9 Å². The van der Waals surface area contributed by atoms with Crippen molar-refractivity contribution in [2.75, 3.05) is 13.2 Å². The molecule has 6 nitrogen and oxygen atoms in total. The molecule has 0 aromatic carbocycles. The van der Waals surface area contributed by atoms with E-state index in [9.17, 15) is 14.4 Å². The van der Waals surface area contributed by atoms with Crippen molar-refractivity contribution in [1.29, 1.82) is 0 Å². The first-order chi connectivity index (χ1) is 37.5. The Balaban J connectivity index is 4.06. The third-order valence-corrected chi connectivity index (χ3v) is 13.8. The Kier molecular flexibility index (Phi) is 60.8. The second-order valence-corrected chi connectivity index (χ2v) is 21.3. The van der Waals surface area contributed by atoms with E-state index in [2.05, 4.69) is 118 Å². The zero-order valence-electron chi connectivity index (χ0n) is 50.0. The molecule has 0 aromatic heterocycles. The minimum atomic E-state index is -0.776. The van der Waals surface area contributed by atoms with Crippen LogP contribution in [0.2, 0.25) is 0 Å². The molecular weight excluding hydrogens is 937 g/mol. The van der Waals surface area contributed by atoms with E-state index >= 15 is 0 Å². The molecule has 0 amide bonds. The summed E-state index contributed by atoms with van der Waals surface area (Å²) in [5.41, 5.74) is 0. The van der Waals surface area contributed by atoms with Crippen LogP contribution in [-0.2, 0) is 28.6 Å². The van der Waals surface area contributed by atoms with Gasteiger partial charge in [0, 0.05) is 19.3 Å². The lowest BCUT2D eigenvalue weighted by Crippen LogP contribution is -2.30. The Morgan fingerprint density at radius 3 is 0.803 bits per heavy atom. The lowest BCUT2D eigenvalue weighted by Gasteiger charge is -2.18. The first-order valence-electron chi connectivity index (χ1n) is 32.2. The average molecular weight is 1060 g/mol. The summed E-state index contributed by atoms with van der Waals surface area (Å²) in [4.78, 5) is 38.0. The van der Waals surface area contributed by atoms with E-state index in [1.54, 1.807) is 0 Å². The van der Waals surface area contributed by atoms with E-state index in [-0.39, 0.29) is 31.1 Å². The zero-order chi connectivity index (χ0) is 55.0. The summed E-state index contributed by atoms with van der Waals surface area (Å²) in [5, 5.41) is 0. The van der Waals surface area contributed by atoms with Crippen LogP contribution in [0.15, 0.2) is 97.2 Å². The fourth-order valence-corrected chi connectivity index (χ4v) is 9.07. The van der Waals surface area contributed by atoms with Gasteiger partial charge in [-0.05, 0) is 96.3 Å². The monoisotopic (exact) mass is 1060 g/mol. The van der Waals surface area contributed by atoms with E-state index in [0.717, 1.165) is 109 Å². The van der Waals surface area contributed by atoms with E-state index in [4.69, 9.17) is 14.2 Å². The summed E-state index contributed by atoms with van der Waals surface area (Å²) in [5.74, 6) is -0.880. The maximum atomic E-state index is 12.8. The molecule has 0 saturated heterocycles. The van der Waals surface area contributed by atoms with Crippen LogP contribution in [-0.4, -0.2) is 37.2 Å². The summed E-state index contributed by atoms with van der Waals surface area (Å²) < 4.78 is 16.8. The molecule has 0 aliphatic heterocycles. The van der Waals surface area contributed by atoms with Crippen LogP contribution < -0.4 is 0 Å². The summed E-state index contributed by atoms with van der Waals surface area (Å²) in [6.45, 7) is 6.38. The molecule has 0 fully saturated rings. The van der Waals surface area contributed by atoms with Gasteiger partial charge in [0.1, 0.15) is 13.2 Å². The first-order valence-corrected chi connectivity index (χ1v) is 32.2. The maximum absolute atomic E-state index is 12.8. The topological polar surface area (TPSA) is 78.9 Å². The van der Waals surface area contributed by atoms with Gasteiger partial charge in [-0.15, -0.1) is 0 Å². The van der Waals surface area contributed by atoms with Gasteiger partial charge in [0.05, 0.1) is 0 Å². The predicted molar refractivity (Wildman–Crippen MR) is 330 cm³/mol. The Labute approximate surface area is 470 Å². The van der Waals surface area contributed by atoms with Gasteiger partial charge in [0.15, 0.2) is 6.10 Å². The Bertz CT molecular complexity index is 1490. The standard InChI is InChI=1S/C70H120O6/c1-4-7-10-13-16-18-20-22-24-26-28-30-32-33-34-35-36-37-39-40-42-44-46-48-50-52-54-57-60-63-69(72)75-66-67(65-74-68(71)62-59-56-15-12-9-6-3)76-70(73)64-61-58-55-53-51-49-47-45-43-41-38-31-29-27-25-23-21-19-17-14-11-8-5-2/h7-8,10-11,16-19,22-25,28-31,67H,4-6,9,12-15,20-21,26-27,32-66H2,1-3H3/b10-7-,11-8-,18-16-,19-17-,24-22-,25-23-,30-28-,31-29-. The highest BCUT2D eigenvalue weighted by Crippen LogP contribution is 2.17. The van der Waals surface area contributed by atoms with Crippen molar-refractivity contribution in [3.05, 3.63) is 97.2 Å². The fraction of sp³-hybridized carbons (Fsp3) is 0.729. The number of rotatable bonds is 58. The van der Waals surface area contributed by atoms with Gasteiger partial charge in [-0.25, -0.2) is 0 Å². The maximum Gasteiger partial charge on any atom is 0.306 e. The fourth-order valence-electron chi connectivity index (χ4n) is 9.07. The molecule has 0 bridgehead atoms. The SMILES string of the molecule is CC/C=C\C/C=C\C/C=C\C/C=C\CCCCCCCCCCCCCCCCCCC(=O)OCC(COC(=O)CCCCCCCC)OC(=O)CCCCCCCCCCCC/C=C\C/C=C\C/C=C\C/C=C\CC. The molecule has 0 aromatic rings. The van der Waals surface area contributed by atoms with E-state index in [1.807, 2.05) is 0 Å². The summed E-state index contributed by atoms with van der Waals surface area (Å²) >= 11 is 0. The molecule has 6 heteroatoms. The number of hydrogen-bond donors (Lipinski definition) is 0.